The lowest BCUT2D eigenvalue weighted by Gasteiger charge is -2.28. The van der Waals surface area contributed by atoms with Crippen molar-refractivity contribution in [2.75, 3.05) is 7.11 Å². The maximum Gasteiger partial charge on any atom is 0.255 e. The van der Waals surface area contributed by atoms with Crippen LogP contribution in [-0.2, 0) is 6.54 Å². The molecule has 41 heavy (non-hydrogen) atoms. The number of carbonyl (C=O) groups is 1. The van der Waals surface area contributed by atoms with Crippen LogP contribution >= 0.6 is 15.9 Å². The first kappa shape index (κ1) is 28.2. The van der Waals surface area contributed by atoms with Crippen LogP contribution < -0.4 is 4.74 Å². The molecule has 0 aliphatic carbocycles. The molecule has 0 aliphatic heterocycles. The van der Waals surface area contributed by atoms with Crippen LogP contribution in [0.15, 0.2) is 102 Å². The summed E-state index contributed by atoms with van der Waals surface area (Å²) < 4.78 is 19.7. The molecule has 1 aromatic heterocycles. The predicted octanol–water partition coefficient (Wildman–Crippen LogP) is 9.03. The number of benzene rings is 4. The predicted molar refractivity (Wildman–Crippen MR) is 168 cm³/mol. The highest BCUT2D eigenvalue weighted by atomic mass is 79.9. The zero-order chi connectivity index (χ0) is 28.9. The van der Waals surface area contributed by atoms with E-state index in [1.165, 1.54) is 12.1 Å². The normalized spacial score (nSPS) is 11.4. The van der Waals surface area contributed by atoms with Gasteiger partial charge in [-0.05, 0) is 79.1 Å². The smallest absolute Gasteiger partial charge is 0.255 e. The lowest BCUT2D eigenvalue weighted by molar-refractivity contribution is 0.0692. The number of fused-ring (bicyclic) bond motifs is 1. The zero-order valence-corrected chi connectivity index (χ0v) is 24.7. The Kier molecular flexibility index (Phi) is 8.60. The maximum atomic E-state index is 14.2. The summed E-state index contributed by atoms with van der Waals surface area (Å²) in [5, 5.41) is 0.778. The van der Waals surface area contributed by atoms with Crippen molar-refractivity contribution in [2.45, 2.75) is 26.4 Å². The van der Waals surface area contributed by atoms with E-state index in [1.54, 1.807) is 19.2 Å². The van der Waals surface area contributed by atoms with Crippen LogP contribution in [0.5, 0.6) is 5.75 Å². The van der Waals surface area contributed by atoms with Gasteiger partial charge in [-0.15, -0.1) is 0 Å². The monoisotopic (exact) mass is 608 g/mol. The molecule has 0 aliphatic rings. The first-order valence-corrected chi connectivity index (χ1v) is 14.2. The number of para-hydroxylation sites is 1. The van der Waals surface area contributed by atoms with Gasteiger partial charge in [-0.2, -0.15) is 0 Å². The largest absolute Gasteiger partial charge is 0.496 e. The second-order valence-electron chi connectivity index (χ2n) is 10.1. The molecular weight excluding hydrogens is 579 g/mol. The van der Waals surface area contributed by atoms with Crippen molar-refractivity contribution in [3.05, 3.63) is 130 Å². The van der Waals surface area contributed by atoms with E-state index in [0.29, 0.717) is 17.8 Å². The summed E-state index contributed by atoms with van der Waals surface area (Å²) in [6.45, 7) is 4.51. The van der Waals surface area contributed by atoms with Crippen molar-refractivity contribution in [1.82, 2.24) is 9.88 Å². The summed E-state index contributed by atoms with van der Waals surface area (Å²) in [4.78, 5) is 20.8. The van der Waals surface area contributed by atoms with E-state index in [4.69, 9.17) is 9.72 Å². The summed E-state index contributed by atoms with van der Waals surface area (Å²) in [6.07, 6.45) is 3.71. The maximum absolute atomic E-state index is 14.2. The number of aromatic nitrogens is 1. The summed E-state index contributed by atoms with van der Waals surface area (Å²) in [5.41, 5.74) is 5.90. The number of carbonyl (C=O) groups excluding carboxylic acids is 1. The number of ether oxygens (including phenoxy) is 1. The molecule has 0 unspecified atom stereocenters. The second-order valence-corrected chi connectivity index (χ2v) is 11.0. The van der Waals surface area contributed by atoms with E-state index in [0.717, 1.165) is 43.4 Å². The van der Waals surface area contributed by atoms with E-state index in [9.17, 15) is 9.18 Å². The first-order chi connectivity index (χ1) is 19.8. The molecule has 0 bridgehead atoms. The van der Waals surface area contributed by atoms with Gasteiger partial charge in [-0.25, -0.2) is 9.37 Å². The Labute approximate surface area is 248 Å². The van der Waals surface area contributed by atoms with Gasteiger partial charge < -0.3 is 9.64 Å². The fraction of sp³-hybridized carbons (Fsp3) is 0.143. The minimum Gasteiger partial charge on any atom is -0.496 e. The number of amides is 1. The van der Waals surface area contributed by atoms with Crippen LogP contribution in [0, 0.1) is 5.82 Å². The van der Waals surface area contributed by atoms with E-state index in [1.807, 2.05) is 79.4 Å². The van der Waals surface area contributed by atoms with Crippen LogP contribution in [0.1, 0.15) is 41.0 Å². The Bertz CT molecular complexity index is 1710. The molecule has 0 fully saturated rings. The molecule has 206 valence electrons. The van der Waals surface area contributed by atoms with E-state index in [-0.39, 0.29) is 17.8 Å². The van der Waals surface area contributed by atoms with Gasteiger partial charge in [0.1, 0.15) is 11.6 Å². The van der Waals surface area contributed by atoms with Crippen LogP contribution in [0.4, 0.5) is 4.39 Å². The third-order valence-electron chi connectivity index (χ3n) is 6.95. The molecule has 0 spiro atoms. The Morgan fingerprint density at radius 1 is 0.951 bits per heavy atom. The summed E-state index contributed by atoms with van der Waals surface area (Å²) in [6, 6.07) is 30.0. The fourth-order valence-electron chi connectivity index (χ4n) is 4.75. The lowest BCUT2D eigenvalue weighted by Crippen LogP contribution is -2.36. The summed E-state index contributed by atoms with van der Waals surface area (Å²) >= 11 is 3.55. The van der Waals surface area contributed by atoms with Gasteiger partial charge >= 0.3 is 0 Å². The van der Waals surface area contributed by atoms with Gasteiger partial charge in [0.05, 0.1) is 23.9 Å². The standard InChI is InChI=1S/C35H30BrFN2O2/c1-23(2)39(22-25-8-13-26(14-9-25)30-6-4-5-7-34(30)41-3)35(40)32-21-29(18-12-24-10-16-28(37)17-11-24)38-33-19-15-27(36)20-31(32)33/h4-21,23H,22H2,1-3H3/b18-12+. The van der Waals surface area contributed by atoms with Gasteiger partial charge in [-0.3, -0.25) is 4.79 Å². The summed E-state index contributed by atoms with van der Waals surface area (Å²) in [5.74, 6) is 0.461. The Balaban J connectivity index is 1.47. The molecule has 0 radical (unpaired) electrons. The number of methoxy groups -OCH3 is 1. The number of halogens is 2. The number of hydrogen-bond donors (Lipinski definition) is 0. The van der Waals surface area contributed by atoms with E-state index >= 15 is 0 Å². The molecule has 6 heteroatoms. The van der Waals surface area contributed by atoms with Crippen LogP contribution in [0.25, 0.3) is 34.2 Å². The van der Waals surface area contributed by atoms with Crippen molar-refractivity contribution in [3.8, 4) is 16.9 Å². The first-order valence-electron chi connectivity index (χ1n) is 13.4. The third kappa shape index (κ3) is 6.55. The minimum absolute atomic E-state index is 0.0371. The third-order valence-corrected chi connectivity index (χ3v) is 7.44. The Morgan fingerprint density at radius 2 is 1.68 bits per heavy atom. The number of rotatable bonds is 8. The van der Waals surface area contributed by atoms with Crippen LogP contribution in [0.2, 0.25) is 0 Å². The van der Waals surface area contributed by atoms with Gasteiger partial charge in [0.15, 0.2) is 0 Å². The van der Waals surface area contributed by atoms with E-state index < -0.39 is 0 Å². The van der Waals surface area contributed by atoms with Crippen molar-refractivity contribution in [1.29, 1.82) is 0 Å². The van der Waals surface area contributed by atoms with E-state index in [2.05, 4.69) is 40.2 Å². The average Bonchev–Trinajstić information content (AvgIpc) is 2.99. The Morgan fingerprint density at radius 3 is 2.39 bits per heavy atom. The molecular formula is C35H30BrFN2O2. The van der Waals surface area contributed by atoms with Crippen molar-refractivity contribution >= 4 is 44.9 Å². The van der Waals surface area contributed by atoms with Crippen LogP contribution in [-0.4, -0.2) is 28.9 Å². The molecule has 5 aromatic rings. The fourth-order valence-corrected chi connectivity index (χ4v) is 5.11. The number of hydrogen-bond acceptors (Lipinski definition) is 3. The SMILES string of the molecule is COc1ccccc1-c1ccc(CN(C(=O)c2cc(/C=C/c3ccc(F)cc3)nc3ccc(Br)cc23)C(C)C)cc1. The molecule has 1 amide bonds. The molecule has 0 saturated heterocycles. The second kappa shape index (κ2) is 12.5. The van der Waals surface area contributed by atoms with Gasteiger partial charge in [0.25, 0.3) is 5.91 Å². The highest BCUT2D eigenvalue weighted by Crippen LogP contribution is 2.30. The number of nitrogens with zero attached hydrogens (tertiary/aromatic N) is 2. The molecule has 4 aromatic carbocycles. The van der Waals surface area contributed by atoms with Gasteiger partial charge in [-0.1, -0.05) is 76.6 Å². The van der Waals surface area contributed by atoms with Crippen molar-refractivity contribution in [2.24, 2.45) is 0 Å². The van der Waals surface area contributed by atoms with Gasteiger partial charge in [0.2, 0.25) is 0 Å². The topological polar surface area (TPSA) is 42.4 Å². The minimum atomic E-state index is -0.285. The zero-order valence-electron chi connectivity index (χ0n) is 23.1. The lowest BCUT2D eigenvalue weighted by atomic mass is 10.0. The molecule has 0 atom stereocenters. The highest BCUT2D eigenvalue weighted by molar-refractivity contribution is 9.10. The van der Waals surface area contributed by atoms with Crippen molar-refractivity contribution < 1.29 is 13.9 Å². The van der Waals surface area contributed by atoms with Gasteiger partial charge in [0, 0.05) is 28.0 Å². The van der Waals surface area contributed by atoms with Crippen LogP contribution in [0.3, 0.4) is 0 Å². The average molecular weight is 610 g/mol. The Hall–Kier alpha value is -4.29. The van der Waals surface area contributed by atoms with Crippen molar-refractivity contribution in [3.63, 3.8) is 0 Å². The number of pyridine rings is 1. The quantitative estimate of drug-likeness (QED) is 0.176. The highest BCUT2D eigenvalue weighted by Gasteiger charge is 2.22. The summed E-state index contributed by atoms with van der Waals surface area (Å²) in [7, 11) is 1.67. The molecule has 1 heterocycles. The molecule has 4 nitrogen and oxygen atoms in total. The molecule has 5 rings (SSSR count). The molecule has 0 saturated carbocycles. The molecule has 0 N–H and O–H groups in total.